The highest BCUT2D eigenvalue weighted by Crippen LogP contribution is 2.26. The van der Waals surface area contributed by atoms with E-state index in [0.717, 1.165) is 22.1 Å². The maximum absolute atomic E-state index is 10.6. The van der Waals surface area contributed by atoms with Crippen LogP contribution in [0, 0.1) is 17.0 Å². The topological polar surface area (TPSA) is 68.1 Å². The first-order valence-electron chi connectivity index (χ1n) is 5.12. The van der Waals surface area contributed by atoms with E-state index in [4.69, 9.17) is 11.6 Å². The molecule has 5 nitrogen and oxygen atoms in total. The normalized spacial score (nSPS) is 10.3. The molecule has 0 aliphatic heterocycles. The number of alkyl halides is 1. The maximum Gasteiger partial charge on any atom is 0.269 e. The van der Waals surface area contributed by atoms with Gasteiger partial charge in [0.25, 0.3) is 5.69 Å². The van der Waals surface area contributed by atoms with Gasteiger partial charge in [-0.25, -0.2) is 4.98 Å². The van der Waals surface area contributed by atoms with Crippen LogP contribution < -0.4 is 5.32 Å². The molecule has 1 N–H and O–H groups in total. The van der Waals surface area contributed by atoms with Crippen LogP contribution in [0.5, 0.6) is 0 Å². The minimum absolute atomic E-state index is 0.0821. The van der Waals surface area contributed by atoms with Crippen LogP contribution in [0.25, 0.3) is 0 Å². The number of nitrogens with one attached hydrogen (secondary N) is 1. The number of aryl methyl sites for hydroxylation is 1. The van der Waals surface area contributed by atoms with E-state index in [1.165, 1.54) is 23.5 Å². The minimum atomic E-state index is -0.411. The molecule has 1 aromatic carbocycles. The fourth-order valence-electron chi connectivity index (χ4n) is 1.44. The molecular formula is C11H10ClN3O2S. The molecule has 2 rings (SSSR count). The fourth-order valence-corrected chi connectivity index (χ4v) is 2.39. The summed E-state index contributed by atoms with van der Waals surface area (Å²) < 4.78 is 0. The van der Waals surface area contributed by atoms with Crippen molar-refractivity contribution in [2.24, 2.45) is 0 Å². The Labute approximate surface area is 113 Å². The second-order valence-electron chi connectivity index (χ2n) is 3.66. The number of non-ortho nitro benzene ring substituents is 1. The zero-order chi connectivity index (χ0) is 13.1. The van der Waals surface area contributed by atoms with Gasteiger partial charge in [0.2, 0.25) is 0 Å². The number of benzene rings is 1. The van der Waals surface area contributed by atoms with Gasteiger partial charge in [0.1, 0.15) is 0 Å². The molecule has 0 unspecified atom stereocenters. The largest absolute Gasteiger partial charge is 0.331 e. The summed E-state index contributed by atoms with van der Waals surface area (Å²) >= 11 is 7.12. The SMILES string of the molecule is Cc1cc([N+](=O)[O-])ccc1Nc1nc(CCl)cs1. The van der Waals surface area contributed by atoms with Gasteiger partial charge in [-0.05, 0) is 18.6 Å². The molecule has 0 bridgehead atoms. The van der Waals surface area contributed by atoms with E-state index in [1.54, 1.807) is 6.07 Å². The van der Waals surface area contributed by atoms with Gasteiger partial charge >= 0.3 is 0 Å². The quantitative estimate of drug-likeness (QED) is 0.526. The van der Waals surface area contributed by atoms with Crippen molar-refractivity contribution in [3.8, 4) is 0 Å². The van der Waals surface area contributed by atoms with Crippen molar-refractivity contribution in [2.75, 3.05) is 5.32 Å². The molecule has 1 heterocycles. The number of nitro benzene ring substituents is 1. The van der Waals surface area contributed by atoms with E-state index in [1.807, 2.05) is 12.3 Å². The van der Waals surface area contributed by atoms with Crippen molar-refractivity contribution in [1.29, 1.82) is 0 Å². The fraction of sp³-hybridized carbons (Fsp3) is 0.182. The molecule has 1 aromatic heterocycles. The number of rotatable bonds is 4. The predicted octanol–water partition coefficient (Wildman–Crippen LogP) is 3.84. The van der Waals surface area contributed by atoms with Crippen LogP contribution in [0.2, 0.25) is 0 Å². The lowest BCUT2D eigenvalue weighted by molar-refractivity contribution is -0.384. The predicted molar refractivity (Wildman–Crippen MR) is 72.8 cm³/mol. The summed E-state index contributed by atoms with van der Waals surface area (Å²) in [6.07, 6.45) is 0. The summed E-state index contributed by atoms with van der Waals surface area (Å²) in [7, 11) is 0. The zero-order valence-electron chi connectivity index (χ0n) is 9.51. The lowest BCUT2D eigenvalue weighted by atomic mass is 10.2. The van der Waals surface area contributed by atoms with Gasteiger partial charge in [-0.15, -0.1) is 22.9 Å². The van der Waals surface area contributed by atoms with E-state index in [9.17, 15) is 10.1 Å². The first kappa shape index (κ1) is 12.8. The van der Waals surface area contributed by atoms with Crippen molar-refractivity contribution in [1.82, 2.24) is 4.98 Å². The first-order valence-corrected chi connectivity index (χ1v) is 6.54. The Morgan fingerprint density at radius 1 is 1.56 bits per heavy atom. The van der Waals surface area contributed by atoms with Gasteiger partial charge in [0, 0.05) is 23.2 Å². The summed E-state index contributed by atoms with van der Waals surface area (Å²) in [6, 6.07) is 4.67. The smallest absolute Gasteiger partial charge is 0.269 e. The number of nitro groups is 1. The van der Waals surface area contributed by atoms with Crippen molar-refractivity contribution in [2.45, 2.75) is 12.8 Å². The molecule has 94 valence electrons. The van der Waals surface area contributed by atoms with Crippen LogP contribution in [0.4, 0.5) is 16.5 Å². The molecular weight excluding hydrogens is 274 g/mol. The van der Waals surface area contributed by atoms with Crippen LogP contribution in [0.15, 0.2) is 23.6 Å². The van der Waals surface area contributed by atoms with Crippen molar-refractivity contribution in [3.63, 3.8) is 0 Å². The standard InChI is InChI=1S/C11H10ClN3O2S/c1-7-4-9(15(16)17)2-3-10(7)14-11-13-8(5-12)6-18-11/h2-4,6H,5H2,1H3,(H,13,14). The molecule has 0 aliphatic carbocycles. The van der Waals surface area contributed by atoms with Crippen molar-refractivity contribution < 1.29 is 4.92 Å². The van der Waals surface area contributed by atoms with Gasteiger partial charge < -0.3 is 5.32 Å². The number of halogens is 1. The Kier molecular flexibility index (Phi) is 3.78. The highest BCUT2D eigenvalue weighted by molar-refractivity contribution is 7.13. The first-order chi connectivity index (χ1) is 8.60. The molecule has 7 heteroatoms. The molecule has 2 aromatic rings. The third kappa shape index (κ3) is 2.77. The number of aromatic nitrogens is 1. The Bertz CT molecular complexity index is 585. The van der Waals surface area contributed by atoms with Crippen LogP contribution in [-0.2, 0) is 5.88 Å². The number of nitrogens with zero attached hydrogens (tertiary/aromatic N) is 2. The van der Waals surface area contributed by atoms with E-state index < -0.39 is 4.92 Å². The van der Waals surface area contributed by atoms with E-state index in [0.29, 0.717) is 5.88 Å². The highest BCUT2D eigenvalue weighted by Gasteiger charge is 2.09. The molecule has 0 fully saturated rings. The van der Waals surface area contributed by atoms with Crippen molar-refractivity contribution >= 4 is 39.4 Å². The summed E-state index contributed by atoms with van der Waals surface area (Å²) in [5.41, 5.74) is 2.49. The second kappa shape index (κ2) is 5.32. The molecule has 0 radical (unpaired) electrons. The van der Waals surface area contributed by atoms with E-state index in [2.05, 4.69) is 10.3 Å². The van der Waals surface area contributed by atoms with E-state index in [-0.39, 0.29) is 5.69 Å². The number of anilines is 2. The van der Waals surface area contributed by atoms with Gasteiger partial charge in [-0.2, -0.15) is 0 Å². The van der Waals surface area contributed by atoms with Crippen molar-refractivity contribution in [3.05, 3.63) is 45.0 Å². The van der Waals surface area contributed by atoms with Crippen LogP contribution >= 0.6 is 22.9 Å². The highest BCUT2D eigenvalue weighted by atomic mass is 35.5. The van der Waals surface area contributed by atoms with Crippen LogP contribution in [0.3, 0.4) is 0 Å². The number of thiazole rings is 1. The van der Waals surface area contributed by atoms with Gasteiger partial charge in [0.05, 0.1) is 16.5 Å². The number of hydrogen-bond acceptors (Lipinski definition) is 5. The zero-order valence-corrected chi connectivity index (χ0v) is 11.1. The molecule has 0 saturated heterocycles. The average Bonchev–Trinajstić information content (AvgIpc) is 2.79. The van der Waals surface area contributed by atoms with E-state index >= 15 is 0 Å². The van der Waals surface area contributed by atoms with Crippen LogP contribution in [-0.4, -0.2) is 9.91 Å². The average molecular weight is 284 g/mol. The lowest BCUT2D eigenvalue weighted by Crippen LogP contribution is -1.95. The maximum atomic E-state index is 10.6. The Morgan fingerprint density at radius 3 is 2.89 bits per heavy atom. The summed E-state index contributed by atoms with van der Waals surface area (Å²) in [5.74, 6) is 0.372. The van der Waals surface area contributed by atoms with Gasteiger partial charge in [-0.3, -0.25) is 10.1 Å². The Hall–Kier alpha value is -1.66. The van der Waals surface area contributed by atoms with Crippen LogP contribution in [0.1, 0.15) is 11.3 Å². The van der Waals surface area contributed by atoms with Gasteiger partial charge in [-0.1, -0.05) is 0 Å². The minimum Gasteiger partial charge on any atom is -0.331 e. The molecule has 0 spiro atoms. The third-order valence-electron chi connectivity index (χ3n) is 2.35. The summed E-state index contributed by atoms with van der Waals surface area (Å²) in [4.78, 5) is 14.5. The monoisotopic (exact) mass is 283 g/mol. The molecule has 0 aliphatic rings. The Balaban J connectivity index is 2.21. The number of hydrogen-bond donors (Lipinski definition) is 1. The third-order valence-corrected chi connectivity index (χ3v) is 3.43. The molecule has 18 heavy (non-hydrogen) atoms. The Morgan fingerprint density at radius 2 is 2.33 bits per heavy atom. The lowest BCUT2D eigenvalue weighted by Gasteiger charge is -2.05. The molecule has 0 saturated carbocycles. The second-order valence-corrected chi connectivity index (χ2v) is 4.78. The molecule has 0 atom stereocenters. The van der Waals surface area contributed by atoms with Gasteiger partial charge in [0.15, 0.2) is 5.13 Å². The summed E-state index contributed by atoms with van der Waals surface area (Å²) in [5, 5.41) is 16.3. The summed E-state index contributed by atoms with van der Waals surface area (Å²) in [6.45, 7) is 1.81. The molecule has 0 amide bonds.